The van der Waals surface area contributed by atoms with Crippen molar-refractivity contribution in [2.45, 2.75) is 99.3 Å². The number of carbonyl (C=O) groups excluding carboxylic acids is 4. The summed E-state index contributed by atoms with van der Waals surface area (Å²) in [6, 6.07) is 3.19. The molecule has 7 N–H and O–H groups in total. The largest absolute Gasteiger partial charge is 0.481 e. The van der Waals surface area contributed by atoms with Crippen LogP contribution in [-0.2, 0) is 71.0 Å². The summed E-state index contributed by atoms with van der Waals surface area (Å²) in [5, 5.41) is 69.0. The zero-order valence-corrected chi connectivity index (χ0v) is 28.2. The van der Waals surface area contributed by atoms with Crippen LogP contribution in [0.2, 0.25) is 0 Å². The molecule has 2 bridgehead atoms. The first-order valence-corrected chi connectivity index (χ1v) is 16.3. The molecule has 0 unspecified atom stereocenters. The number of carboxylic acid groups (broad SMARTS) is 3. The van der Waals surface area contributed by atoms with Crippen LogP contribution >= 0.6 is 0 Å². The Morgan fingerprint density at radius 2 is 1.60 bits per heavy atom. The summed E-state index contributed by atoms with van der Waals surface area (Å²) in [7, 11) is 1.88. The van der Waals surface area contributed by atoms with E-state index < -0.39 is 109 Å². The van der Waals surface area contributed by atoms with E-state index in [1.165, 1.54) is 6.08 Å². The van der Waals surface area contributed by atoms with Crippen LogP contribution < -0.4 is 4.74 Å². The van der Waals surface area contributed by atoms with Crippen molar-refractivity contribution in [1.82, 2.24) is 4.90 Å². The number of piperidine rings is 1. The highest BCUT2D eigenvalue weighted by molar-refractivity contribution is 5.90. The lowest BCUT2D eigenvalue weighted by molar-refractivity contribution is -0.189. The Hall–Kier alpha value is -5.15. The van der Waals surface area contributed by atoms with Gasteiger partial charge in [-0.15, -0.1) is 0 Å². The molecular weight excluding hydrogens is 714 g/mol. The summed E-state index contributed by atoms with van der Waals surface area (Å²) in [5.41, 5.74) is -0.548. The molecule has 53 heavy (non-hydrogen) atoms. The van der Waals surface area contributed by atoms with Crippen molar-refractivity contribution in [2.75, 3.05) is 13.6 Å². The van der Waals surface area contributed by atoms with Gasteiger partial charge in [0.2, 0.25) is 12.2 Å². The van der Waals surface area contributed by atoms with Gasteiger partial charge in [-0.2, -0.15) is 0 Å². The van der Waals surface area contributed by atoms with Gasteiger partial charge in [-0.3, -0.25) is 9.59 Å². The van der Waals surface area contributed by atoms with E-state index in [4.69, 9.17) is 34.3 Å². The summed E-state index contributed by atoms with van der Waals surface area (Å²) in [6.07, 6.45) is -13.3. The lowest BCUT2D eigenvalue weighted by Gasteiger charge is -2.61. The average molecular weight is 752 g/mol. The highest BCUT2D eigenvalue weighted by atomic mass is 16.6. The molecule has 9 atom stereocenters. The fourth-order valence-electron chi connectivity index (χ4n) is 7.48. The molecule has 2 aliphatic carbocycles. The summed E-state index contributed by atoms with van der Waals surface area (Å²) < 4.78 is 26.3. The molecule has 0 saturated carbocycles. The van der Waals surface area contributed by atoms with E-state index in [1.807, 2.05) is 18.0 Å². The van der Waals surface area contributed by atoms with Crippen LogP contribution in [0, 0.1) is 0 Å². The third-order valence-corrected chi connectivity index (χ3v) is 10.0. The maximum atomic E-state index is 13.5. The van der Waals surface area contributed by atoms with E-state index in [-0.39, 0.29) is 18.2 Å². The Kier molecular flexibility index (Phi) is 10.8. The maximum Gasteiger partial charge on any atom is 0.348 e. The second kappa shape index (κ2) is 14.7. The third-order valence-electron chi connectivity index (χ3n) is 10.0. The second-order valence-corrected chi connectivity index (χ2v) is 13.2. The van der Waals surface area contributed by atoms with Gasteiger partial charge in [-0.1, -0.05) is 12.1 Å². The molecule has 20 heteroatoms. The molecule has 1 fully saturated rings. The van der Waals surface area contributed by atoms with Gasteiger partial charge in [0.05, 0.1) is 30.5 Å². The van der Waals surface area contributed by atoms with E-state index in [0.717, 1.165) is 12.5 Å². The minimum Gasteiger partial charge on any atom is -0.481 e. The van der Waals surface area contributed by atoms with E-state index in [2.05, 4.69) is 4.74 Å². The molecule has 0 amide bonds. The quantitative estimate of drug-likeness (QED) is 0.0720. The minimum absolute atomic E-state index is 0.00865. The number of esters is 4. The number of benzene rings is 1. The minimum atomic E-state index is -2.77. The van der Waals surface area contributed by atoms with Crippen molar-refractivity contribution in [3.63, 3.8) is 0 Å². The van der Waals surface area contributed by atoms with Gasteiger partial charge in [0.1, 0.15) is 11.5 Å². The van der Waals surface area contributed by atoms with Crippen molar-refractivity contribution < 1.29 is 93.0 Å². The van der Waals surface area contributed by atoms with Crippen molar-refractivity contribution in [3.05, 3.63) is 40.7 Å². The molecule has 0 aromatic heterocycles. The first-order chi connectivity index (χ1) is 24.9. The predicted octanol–water partition coefficient (Wildman–Crippen LogP) is -2.49. The smallest absolute Gasteiger partial charge is 0.348 e. The van der Waals surface area contributed by atoms with E-state index >= 15 is 0 Å². The van der Waals surface area contributed by atoms with Crippen molar-refractivity contribution >= 4 is 41.8 Å². The Balaban J connectivity index is 1.38. The van der Waals surface area contributed by atoms with Crippen LogP contribution in [0.25, 0.3) is 0 Å². The van der Waals surface area contributed by atoms with Gasteiger partial charge in [0.15, 0.2) is 24.4 Å². The molecule has 4 aliphatic rings. The fraction of sp³-hybridized carbons (Fsp3) is 0.545. The number of hydrogen-bond acceptors (Lipinski definition) is 17. The molecule has 5 rings (SSSR count). The molecule has 2 heterocycles. The maximum absolute atomic E-state index is 13.5. The van der Waals surface area contributed by atoms with Gasteiger partial charge >= 0.3 is 41.8 Å². The second-order valence-electron chi connectivity index (χ2n) is 13.2. The topological polar surface area (TPSA) is 310 Å². The van der Waals surface area contributed by atoms with Gasteiger partial charge in [0.25, 0.3) is 0 Å². The molecule has 1 aromatic carbocycles. The molecule has 20 nitrogen and oxygen atoms in total. The number of aliphatic hydroxyl groups excluding tert-OH is 3. The Labute approximate surface area is 299 Å². The number of hydrogen-bond donors (Lipinski definition) is 7. The normalized spacial score (nSPS) is 26.6. The summed E-state index contributed by atoms with van der Waals surface area (Å²) in [5.74, 6) is -11.7. The van der Waals surface area contributed by atoms with Crippen LogP contribution in [0.4, 0.5) is 0 Å². The molecular formula is C33H37NO19. The molecule has 1 spiro atoms. The molecule has 288 valence electrons. The lowest BCUT2D eigenvalue weighted by atomic mass is 9.50. The van der Waals surface area contributed by atoms with E-state index in [1.54, 1.807) is 6.07 Å². The molecule has 2 aliphatic heterocycles. The highest BCUT2D eigenvalue weighted by Gasteiger charge is 2.72. The highest BCUT2D eigenvalue weighted by Crippen LogP contribution is 2.64. The molecule has 1 aromatic rings. The first-order valence-electron chi connectivity index (χ1n) is 16.3. The SMILES string of the molecule is C[C@H](OC(=O)[C@H](CC(=O)OC1=CC[C@@]2(O)[C@H]3Cc4ccc(CO)c5c4[C@@]2(CCN3C)[C@H]1O5)OC(=O)[C@H](O)[C@@H](O)C(=O)O)C(=O)O[C@@H](CC(=O)O)C(=O)O. The fourth-order valence-corrected chi connectivity index (χ4v) is 7.48. The summed E-state index contributed by atoms with van der Waals surface area (Å²) >= 11 is 0. The lowest BCUT2D eigenvalue weighted by Crippen LogP contribution is -2.74. The van der Waals surface area contributed by atoms with Gasteiger partial charge in [-0.25, -0.2) is 24.0 Å². The Bertz CT molecular complexity index is 1760. The van der Waals surface area contributed by atoms with Crippen LogP contribution in [0.1, 0.15) is 49.3 Å². The number of aliphatic hydroxyl groups is 4. The number of likely N-dealkylation sites (N-methyl/N-ethyl adjacent to an activating group) is 1. The predicted molar refractivity (Wildman–Crippen MR) is 166 cm³/mol. The summed E-state index contributed by atoms with van der Waals surface area (Å²) in [6.45, 7) is 0.997. The number of carboxylic acids is 3. The summed E-state index contributed by atoms with van der Waals surface area (Å²) in [4.78, 5) is 87.0. The van der Waals surface area contributed by atoms with Crippen LogP contribution in [0.3, 0.4) is 0 Å². The standard InChI is InChI=1S/C33H37NO19/c1-13(29(45)51-17(27(41)42)10-20(36)37)49-30(46)18(52-31(47)24(40)23(39)28(43)44)11-21(38)50-16-5-6-33(48)19-9-14-3-4-15(12-35)25-22(14)32(33,26(16)53-25)7-8-34(19)2/h3-5,13,17-19,23-24,26,35,39-40,48H,6-12H2,1-2H3,(H,36,37)(H,41,42)(H,43,44)/t13-,17-,18-,19+,23+,24+,26-,32-,33+/m0/s1. The Morgan fingerprint density at radius 1 is 0.925 bits per heavy atom. The number of rotatable bonds is 15. The number of ether oxygens (including phenoxy) is 5. The van der Waals surface area contributed by atoms with Crippen LogP contribution in [0.5, 0.6) is 5.75 Å². The number of likely N-dealkylation sites (tertiary alicyclic amines) is 1. The first kappa shape index (κ1) is 39.1. The van der Waals surface area contributed by atoms with Crippen molar-refractivity contribution in [3.8, 4) is 5.75 Å². The Morgan fingerprint density at radius 3 is 2.23 bits per heavy atom. The van der Waals surface area contributed by atoms with Gasteiger partial charge in [0, 0.05) is 23.6 Å². The van der Waals surface area contributed by atoms with Crippen LogP contribution in [0.15, 0.2) is 24.0 Å². The number of carbonyl (C=O) groups is 7. The van der Waals surface area contributed by atoms with Gasteiger partial charge < -0.3 is 64.3 Å². The molecule has 1 saturated heterocycles. The molecule has 0 radical (unpaired) electrons. The number of nitrogens with zero attached hydrogens (tertiary/aromatic N) is 1. The zero-order valence-electron chi connectivity index (χ0n) is 28.2. The van der Waals surface area contributed by atoms with E-state index in [9.17, 15) is 54.0 Å². The zero-order chi connectivity index (χ0) is 39.2. The van der Waals surface area contributed by atoms with Crippen molar-refractivity contribution in [1.29, 1.82) is 0 Å². The van der Waals surface area contributed by atoms with Crippen LogP contribution in [-0.4, -0.2) is 144 Å². The third kappa shape index (κ3) is 6.90. The van der Waals surface area contributed by atoms with Gasteiger partial charge in [-0.05, 0) is 45.0 Å². The average Bonchev–Trinajstić information content (AvgIpc) is 3.45. The van der Waals surface area contributed by atoms with Crippen molar-refractivity contribution in [2.24, 2.45) is 0 Å². The van der Waals surface area contributed by atoms with E-state index in [0.29, 0.717) is 36.3 Å². The monoisotopic (exact) mass is 751 g/mol. The number of aliphatic carboxylic acids is 3.